The molecule has 1 aromatic rings. The van der Waals surface area contributed by atoms with Crippen LogP contribution in [0.1, 0.15) is 20.3 Å². The number of rotatable bonds is 5. The maximum absolute atomic E-state index is 12.0. The molecule has 1 aromatic heterocycles. The maximum atomic E-state index is 12.0. The van der Waals surface area contributed by atoms with Gasteiger partial charge in [0.15, 0.2) is 5.03 Å². The molecule has 92 valence electrons. The van der Waals surface area contributed by atoms with Crippen LogP contribution in [0.4, 0.5) is 0 Å². The van der Waals surface area contributed by atoms with Gasteiger partial charge in [-0.25, -0.2) is 18.1 Å². The van der Waals surface area contributed by atoms with Crippen molar-refractivity contribution in [1.29, 1.82) is 0 Å². The van der Waals surface area contributed by atoms with Gasteiger partial charge in [-0.3, -0.25) is 0 Å². The molecular formula is C9H16BrN3O2S. The number of alkyl halides is 1. The normalized spacial score (nSPS) is 16.0. The van der Waals surface area contributed by atoms with Crippen LogP contribution in [0.2, 0.25) is 0 Å². The van der Waals surface area contributed by atoms with Crippen LogP contribution in [0.5, 0.6) is 0 Å². The van der Waals surface area contributed by atoms with Crippen LogP contribution in [-0.4, -0.2) is 28.8 Å². The van der Waals surface area contributed by atoms with Crippen molar-refractivity contribution in [2.45, 2.75) is 30.8 Å². The van der Waals surface area contributed by atoms with E-state index in [1.807, 2.05) is 13.8 Å². The van der Waals surface area contributed by atoms with Gasteiger partial charge in [-0.15, -0.1) is 0 Å². The second-order valence-corrected chi connectivity index (χ2v) is 6.22. The zero-order valence-corrected chi connectivity index (χ0v) is 12.0. The Balaban J connectivity index is 2.96. The van der Waals surface area contributed by atoms with Crippen molar-refractivity contribution in [3.8, 4) is 0 Å². The summed E-state index contributed by atoms with van der Waals surface area (Å²) in [6, 6.07) is 0. The number of nitrogens with one attached hydrogen (secondary N) is 1. The molecule has 1 rings (SSSR count). The molecule has 16 heavy (non-hydrogen) atoms. The van der Waals surface area contributed by atoms with Gasteiger partial charge in [-0.2, -0.15) is 0 Å². The van der Waals surface area contributed by atoms with Crippen LogP contribution in [-0.2, 0) is 17.1 Å². The summed E-state index contributed by atoms with van der Waals surface area (Å²) in [4.78, 5) is 3.84. The van der Waals surface area contributed by atoms with Crippen molar-refractivity contribution < 1.29 is 8.42 Å². The van der Waals surface area contributed by atoms with Crippen molar-refractivity contribution in [2.75, 3.05) is 5.33 Å². The molecule has 0 saturated carbocycles. The molecule has 1 N–H and O–H groups in total. The fourth-order valence-corrected chi connectivity index (χ4v) is 3.28. The molecular weight excluding hydrogens is 294 g/mol. The van der Waals surface area contributed by atoms with Gasteiger partial charge in [-0.1, -0.05) is 22.9 Å². The highest BCUT2D eigenvalue weighted by molar-refractivity contribution is 9.09. The van der Waals surface area contributed by atoms with Gasteiger partial charge in [0.2, 0.25) is 0 Å². The molecule has 0 amide bonds. The topological polar surface area (TPSA) is 64.0 Å². The van der Waals surface area contributed by atoms with E-state index in [2.05, 4.69) is 25.6 Å². The molecule has 0 aromatic carbocycles. The first-order chi connectivity index (χ1) is 7.33. The first-order valence-electron chi connectivity index (χ1n) is 4.91. The van der Waals surface area contributed by atoms with E-state index in [0.717, 1.165) is 0 Å². The number of aromatic nitrogens is 2. The minimum atomic E-state index is -3.53. The van der Waals surface area contributed by atoms with Gasteiger partial charge in [-0.05, 0) is 13.3 Å². The summed E-state index contributed by atoms with van der Waals surface area (Å²) in [6.07, 6.45) is 3.64. The van der Waals surface area contributed by atoms with Crippen LogP contribution in [0.25, 0.3) is 0 Å². The van der Waals surface area contributed by atoms with E-state index in [0.29, 0.717) is 11.8 Å². The average Bonchev–Trinajstić information content (AvgIpc) is 2.65. The summed E-state index contributed by atoms with van der Waals surface area (Å²) in [7, 11) is -1.80. The monoisotopic (exact) mass is 309 g/mol. The molecule has 1 atom stereocenters. The Bertz CT molecular complexity index is 451. The van der Waals surface area contributed by atoms with Crippen LogP contribution in [0.3, 0.4) is 0 Å². The van der Waals surface area contributed by atoms with E-state index < -0.39 is 15.6 Å². The molecule has 0 aliphatic carbocycles. The Morgan fingerprint density at radius 3 is 2.62 bits per heavy atom. The standard InChI is InChI=1S/C9H16BrN3O2S/c1-4-9(2,6-10)12-16(14,15)8-5-13(3)7-11-8/h5,7,12H,4,6H2,1-3H3. The molecule has 1 unspecified atom stereocenters. The Hall–Kier alpha value is -0.400. The Morgan fingerprint density at radius 1 is 1.62 bits per heavy atom. The lowest BCUT2D eigenvalue weighted by atomic mass is 10.0. The van der Waals surface area contributed by atoms with E-state index in [9.17, 15) is 8.42 Å². The van der Waals surface area contributed by atoms with Crippen molar-refractivity contribution >= 4 is 26.0 Å². The second kappa shape index (κ2) is 4.85. The molecule has 5 nitrogen and oxygen atoms in total. The summed E-state index contributed by atoms with van der Waals surface area (Å²) in [6.45, 7) is 3.78. The van der Waals surface area contributed by atoms with Crippen molar-refractivity contribution in [1.82, 2.24) is 14.3 Å². The molecule has 1 heterocycles. The van der Waals surface area contributed by atoms with Crippen LogP contribution >= 0.6 is 15.9 Å². The summed E-state index contributed by atoms with van der Waals surface area (Å²) in [5.74, 6) is 0. The highest BCUT2D eigenvalue weighted by atomic mass is 79.9. The van der Waals surface area contributed by atoms with Gasteiger partial charge in [0.1, 0.15) is 0 Å². The fourth-order valence-electron chi connectivity index (χ4n) is 1.10. The average molecular weight is 310 g/mol. The van der Waals surface area contributed by atoms with E-state index >= 15 is 0 Å². The van der Waals surface area contributed by atoms with Crippen LogP contribution in [0.15, 0.2) is 17.6 Å². The molecule has 0 spiro atoms. The van der Waals surface area contributed by atoms with Gasteiger partial charge in [0.25, 0.3) is 10.0 Å². The zero-order chi connectivity index (χ0) is 12.4. The molecule has 0 saturated heterocycles. The van der Waals surface area contributed by atoms with Gasteiger partial charge >= 0.3 is 0 Å². The lowest BCUT2D eigenvalue weighted by Gasteiger charge is -2.26. The number of imidazole rings is 1. The Morgan fingerprint density at radius 2 is 2.25 bits per heavy atom. The van der Waals surface area contributed by atoms with Crippen molar-refractivity contribution in [3.05, 3.63) is 12.5 Å². The molecule has 0 radical (unpaired) electrons. The van der Waals surface area contributed by atoms with Crippen LogP contribution in [0, 0.1) is 0 Å². The van der Waals surface area contributed by atoms with Crippen molar-refractivity contribution in [3.63, 3.8) is 0 Å². The van der Waals surface area contributed by atoms with Crippen molar-refractivity contribution in [2.24, 2.45) is 7.05 Å². The summed E-state index contributed by atoms with van der Waals surface area (Å²) in [5, 5.41) is 0.610. The second-order valence-electron chi connectivity index (χ2n) is 4.03. The molecule has 0 bridgehead atoms. The zero-order valence-electron chi connectivity index (χ0n) is 9.57. The first-order valence-corrected chi connectivity index (χ1v) is 7.51. The van der Waals surface area contributed by atoms with Gasteiger partial charge < -0.3 is 4.57 Å². The third kappa shape index (κ3) is 3.05. The van der Waals surface area contributed by atoms with E-state index in [1.54, 1.807) is 11.6 Å². The predicted octanol–water partition coefficient (Wildman–Crippen LogP) is 1.26. The molecule has 0 aliphatic rings. The Labute approximate surface area is 104 Å². The molecule has 7 heteroatoms. The maximum Gasteiger partial charge on any atom is 0.260 e. The molecule has 0 aliphatic heterocycles. The largest absolute Gasteiger partial charge is 0.339 e. The number of nitrogens with zero attached hydrogens (tertiary/aromatic N) is 2. The number of hydrogen-bond donors (Lipinski definition) is 1. The first kappa shape index (κ1) is 13.7. The summed E-state index contributed by atoms with van der Waals surface area (Å²) >= 11 is 3.31. The lowest BCUT2D eigenvalue weighted by molar-refractivity contribution is 0.448. The quantitative estimate of drug-likeness (QED) is 0.833. The van der Waals surface area contributed by atoms with E-state index in [-0.39, 0.29) is 5.03 Å². The smallest absolute Gasteiger partial charge is 0.260 e. The van der Waals surface area contributed by atoms with E-state index in [4.69, 9.17) is 0 Å². The summed E-state index contributed by atoms with van der Waals surface area (Å²) < 4.78 is 28.2. The predicted molar refractivity (Wildman–Crippen MR) is 66.0 cm³/mol. The molecule has 0 fully saturated rings. The lowest BCUT2D eigenvalue weighted by Crippen LogP contribution is -2.46. The minimum Gasteiger partial charge on any atom is -0.339 e. The Kier molecular flexibility index (Phi) is 4.14. The minimum absolute atomic E-state index is 0.0515. The van der Waals surface area contributed by atoms with Crippen LogP contribution < -0.4 is 4.72 Å². The van der Waals surface area contributed by atoms with Gasteiger partial charge in [0, 0.05) is 24.1 Å². The van der Waals surface area contributed by atoms with Gasteiger partial charge in [0.05, 0.1) is 6.33 Å². The third-order valence-corrected chi connectivity index (χ3v) is 5.17. The number of aryl methyl sites for hydroxylation is 1. The van der Waals surface area contributed by atoms with E-state index in [1.165, 1.54) is 12.5 Å². The third-order valence-electron chi connectivity index (χ3n) is 2.41. The number of sulfonamides is 1. The SMILES string of the molecule is CCC(C)(CBr)NS(=O)(=O)c1cn(C)cn1. The summed E-state index contributed by atoms with van der Waals surface area (Å²) in [5.41, 5.74) is -0.490. The highest BCUT2D eigenvalue weighted by Crippen LogP contribution is 2.16. The fraction of sp³-hybridized carbons (Fsp3) is 0.667. The number of halogens is 1. The highest BCUT2D eigenvalue weighted by Gasteiger charge is 2.29. The number of hydrogen-bond acceptors (Lipinski definition) is 3.